The Morgan fingerprint density at radius 3 is 2.81 bits per heavy atom. The highest BCUT2D eigenvalue weighted by Gasteiger charge is 2.30. The van der Waals surface area contributed by atoms with E-state index in [1.807, 2.05) is 33.7 Å². The number of rotatable bonds is 5. The van der Waals surface area contributed by atoms with Gasteiger partial charge in [0.1, 0.15) is 0 Å². The van der Waals surface area contributed by atoms with E-state index in [0.29, 0.717) is 27.9 Å². The maximum absolute atomic E-state index is 12.9. The fraction of sp³-hybridized carbons (Fsp3) is 0.550. The second kappa shape index (κ2) is 7.43. The van der Waals surface area contributed by atoms with Crippen molar-refractivity contribution in [2.75, 3.05) is 12.3 Å². The Morgan fingerprint density at radius 2 is 2.04 bits per heavy atom. The molecule has 1 atom stereocenters. The summed E-state index contributed by atoms with van der Waals surface area (Å²) in [5.74, 6) is 0.528. The fourth-order valence-electron chi connectivity index (χ4n) is 3.84. The summed E-state index contributed by atoms with van der Waals surface area (Å²) in [5, 5.41) is 1.35. The molecule has 0 radical (unpaired) electrons. The Hall–Kier alpha value is -1.82. The average molecular weight is 372 g/mol. The second-order valence-electron chi connectivity index (χ2n) is 7.25. The number of nitrogens with zero attached hydrogens (tertiary/aromatic N) is 3. The highest BCUT2D eigenvalue weighted by atomic mass is 32.2. The van der Waals surface area contributed by atoms with Crippen LogP contribution in [0.3, 0.4) is 0 Å². The summed E-state index contributed by atoms with van der Waals surface area (Å²) < 4.78 is 1.81. The topological polar surface area (TPSA) is 55.2 Å². The minimum atomic E-state index is 0.0254. The van der Waals surface area contributed by atoms with E-state index in [2.05, 4.69) is 6.92 Å². The first-order valence-corrected chi connectivity index (χ1v) is 10.6. The van der Waals surface area contributed by atoms with Gasteiger partial charge in [0.05, 0.1) is 16.7 Å². The van der Waals surface area contributed by atoms with Gasteiger partial charge >= 0.3 is 0 Å². The van der Waals surface area contributed by atoms with Gasteiger partial charge in [-0.2, -0.15) is 0 Å². The molecule has 2 aromatic rings. The predicted octanol–water partition coefficient (Wildman–Crippen LogP) is 3.61. The van der Waals surface area contributed by atoms with E-state index >= 15 is 0 Å². The van der Waals surface area contributed by atoms with Crippen molar-refractivity contribution in [1.82, 2.24) is 14.5 Å². The number of hydrogen-bond donors (Lipinski definition) is 0. The molecule has 2 fully saturated rings. The normalized spacial score (nSPS) is 20.5. The Morgan fingerprint density at radius 1 is 1.23 bits per heavy atom. The highest BCUT2D eigenvalue weighted by molar-refractivity contribution is 7.99. The molecule has 1 aromatic carbocycles. The van der Waals surface area contributed by atoms with Crippen molar-refractivity contribution in [3.8, 4) is 0 Å². The lowest BCUT2D eigenvalue weighted by molar-refractivity contribution is -0.132. The average Bonchev–Trinajstić information content (AvgIpc) is 3.51. The van der Waals surface area contributed by atoms with Crippen LogP contribution in [0, 0.1) is 0 Å². The molecular weight excluding hydrogens is 346 g/mol. The second-order valence-corrected chi connectivity index (χ2v) is 8.19. The molecule has 26 heavy (non-hydrogen) atoms. The van der Waals surface area contributed by atoms with E-state index in [0.717, 1.165) is 38.6 Å². The minimum absolute atomic E-state index is 0.0254. The van der Waals surface area contributed by atoms with Crippen LogP contribution in [0.15, 0.2) is 34.2 Å². The third kappa shape index (κ3) is 3.39. The zero-order valence-corrected chi connectivity index (χ0v) is 16.0. The van der Waals surface area contributed by atoms with Crippen LogP contribution in [-0.4, -0.2) is 38.7 Å². The lowest BCUT2D eigenvalue weighted by Gasteiger charge is -2.35. The van der Waals surface area contributed by atoms with E-state index in [1.165, 1.54) is 18.2 Å². The molecule has 138 valence electrons. The molecule has 5 nitrogen and oxygen atoms in total. The Labute approximate surface area is 157 Å². The number of aromatic nitrogens is 2. The number of benzene rings is 1. The van der Waals surface area contributed by atoms with Crippen molar-refractivity contribution in [1.29, 1.82) is 0 Å². The summed E-state index contributed by atoms with van der Waals surface area (Å²) in [4.78, 5) is 32.4. The number of carbonyl (C=O) groups excluding carboxylic acids is 1. The monoisotopic (exact) mass is 371 g/mol. The van der Waals surface area contributed by atoms with Gasteiger partial charge in [0, 0.05) is 18.6 Å². The molecule has 1 aliphatic carbocycles. The van der Waals surface area contributed by atoms with Crippen LogP contribution in [-0.2, 0) is 4.79 Å². The van der Waals surface area contributed by atoms with Gasteiger partial charge in [0.2, 0.25) is 5.91 Å². The number of piperidine rings is 1. The van der Waals surface area contributed by atoms with E-state index in [4.69, 9.17) is 4.98 Å². The number of fused-ring (bicyclic) bond motifs is 1. The Balaban J connectivity index is 1.58. The van der Waals surface area contributed by atoms with Crippen LogP contribution in [0.4, 0.5) is 0 Å². The molecule has 6 heteroatoms. The van der Waals surface area contributed by atoms with E-state index in [-0.39, 0.29) is 17.5 Å². The van der Waals surface area contributed by atoms with E-state index in [9.17, 15) is 9.59 Å². The maximum atomic E-state index is 12.9. The lowest BCUT2D eigenvalue weighted by atomic mass is 10.0. The maximum Gasteiger partial charge on any atom is 0.262 e. The van der Waals surface area contributed by atoms with Crippen LogP contribution in [0.5, 0.6) is 0 Å². The van der Waals surface area contributed by atoms with Crippen molar-refractivity contribution in [2.45, 2.75) is 62.7 Å². The van der Waals surface area contributed by atoms with Gasteiger partial charge in [-0.15, -0.1) is 0 Å². The molecule has 2 heterocycles. The Bertz CT molecular complexity index is 875. The fourth-order valence-corrected chi connectivity index (χ4v) is 4.80. The van der Waals surface area contributed by atoms with Crippen molar-refractivity contribution in [3.05, 3.63) is 34.6 Å². The third-order valence-corrected chi connectivity index (χ3v) is 6.37. The molecule has 1 aliphatic heterocycles. The smallest absolute Gasteiger partial charge is 0.262 e. The van der Waals surface area contributed by atoms with Crippen molar-refractivity contribution < 1.29 is 4.79 Å². The van der Waals surface area contributed by atoms with Crippen LogP contribution in [0.25, 0.3) is 10.9 Å². The zero-order valence-electron chi connectivity index (χ0n) is 15.2. The summed E-state index contributed by atoms with van der Waals surface area (Å²) in [7, 11) is 0. The van der Waals surface area contributed by atoms with Crippen LogP contribution in [0.1, 0.15) is 51.5 Å². The number of para-hydroxylation sites is 1. The van der Waals surface area contributed by atoms with Gasteiger partial charge in [-0.25, -0.2) is 4.98 Å². The van der Waals surface area contributed by atoms with Gasteiger partial charge in [-0.1, -0.05) is 30.8 Å². The molecule has 0 bridgehead atoms. The summed E-state index contributed by atoms with van der Waals surface area (Å²) >= 11 is 1.42. The van der Waals surface area contributed by atoms with E-state index in [1.54, 1.807) is 0 Å². The summed E-state index contributed by atoms with van der Waals surface area (Å²) in [6.45, 7) is 3.01. The minimum Gasteiger partial charge on any atom is -0.339 e. The number of amides is 1. The zero-order chi connectivity index (χ0) is 18.1. The van der Waals surface area contributed by atoms with Gasteiger partial charge in [0.15, 0.2) is 5.16 Å². The quantitative estimate of drug-likeness (QED) is 0.595. The van der Waals surface area contributed by atoms with Gasteiger partial charge in [-0.3, -0.25) is 14.2 Å². The number of thioether (sulfide) groups is 1. The summed E-state index contributed by atoms with van der Waals surface area (Å²) in [6.07, 6.45) is 6.46. The summed E-state index contributed by atoms with van der Waals surface area (Å²) in [5.41, 5.74) is 0.742. The van der Waals surface area contributed by atoms with Crippen molar-refractivity contribution in [3.63, 3.8) is 0 Å². The van der Waals surface area contributed by atoms with Crippen LogP contribution < -0.4 is 5.56 Å². The number of carbonyl (C=O) groups is 1. The summed E-state index contributed by atoms with van der Waals surface area (Å²) in [6, 6.07) is 8.10. The van der Waals surface area contributed by atoms with Gasteiger partial charge in [-0.05, 0) is 50.7 Å². The molecule has 1 aromatic heterocycles. The molecular formula is C20H25N3O2S. The molecule has 4 rings (SSSR count). The Kier molecular flexibility index (Phi) is 5.02. The van der Waals surface area contributed by atoms with Crippen LogP contribution >= 0.6 is 11.8 Å². The van der Waals surface area contributed by atoms with Gasteiger partial charge < -0.3 is 4.90 Å². The van der Waals surface area contributed by atoms with Crippen molar-refractivity contribution in [2.24, 2.45) is 0 Å². The SMILES string of the molecule is CCC1CCCCN1C(=O)CSc1nc2ccccc2c(=O)n1C1CC1. The van der Waals surface area contributed by atoms with Crippen molar-refractivity contribution >= 4 is 28.6 Å². The lowest BCUT2D eigenvalue weighted by Crippen LogP contribution is -2.44. The molecule has 1 saturated carbocycles. The molecule has 0 N–H and O–H groups in total. The number of likely N-dealkylation sites (tertiary alicyclic amines) is 1. The standard InChI is InChI=1S/C20H25N3O2S/c1-2-14-7-5-6-12-22(14)18(24)13-26-20-21-17-9-4-3-8-16(17)19(25)23(20)15-10-11-15/h3-4,8-9,14-15H,2,5-7,10-13H2,1H3. The third-order valence-electron chi connectivity index (χ3n) is 5.43. The first kappa shape index (κ1) is 17.6. The predicted molar refractivity (Wildman–Crippen MR) is 105 cm³/mol. The largest absolute Gasteiger partial charge is 0.339 e. The first-order chi connectivity index (χ1) is 12.7. The number of hydrogen-bond acceptors (Lipinski definition) is 4. The molecule has 0 spiro atoms. The molecule has 2 aliphatic rings. The molecule has 1 saturated heterocycles. The molecule has 1 unspecified atom stereocenters. The highest BCUT2D eigenvalue weighted by Crippen LogP contribution is 2.37. The van der Waals surface area contributed by atoms with E-state index < -0.39 is 0 Å². The van der Waals surface area contributed by atoms with Crippen LogP contribution in [0.2, 0.25) is 0 Å². The molecule has 1 amide bonds. The first-order valence-electron chi connectivity index (χ1n) is 9.62. The van der Waals surface area contributed by atoms with Gasteiger partial charge in [0.25, 0.3) is 5.56 Å².